The Morgan fingerprint density at radius 3 is 2.82 bits per heavy atom. The molecule has 112 valence electrons. The Balaban J connectivity index is 1.78. The summed E-state index contributed by atoms with van der Waals surface area (Å²) < 4.78 is 0. The van der Waals surface area contributed by atoms with Crippen LogP contribution in [0.4, 0.5) is 11.6 Å². The maximum atomic E-state index is 12.1. The first-order chi connectivity index (χ1) is 10.6. The molecule has 1 aromatic heterocycles. The Bertz CT molecular complexity index is 756. The zero-order chi connectivity index (χ0) is 15.3. The summed E-state index contributed by atoms with van der Waals surface area (Å²) in [6.45, 7) is 4.30. The van der Waals surface area contributed by atoms with Crippen LogP contribution in [-0.2, 0) is 12.8 Å². The first-order valence-electron chi connectivity index (χ1n) is 7.89. The molecule has 0 fully saturated rings. The highest BCUT2D eigenvalue weighted by molar-refractivity contribution is 5.98. The molecule has 2 unspecified atom stereocenters. The average Bonchev–Trinajstić information content (AvgIpc) is 2.82. The second-order valence-corrected chi connectivity index (χ2v) is 6.52. The van der Waals surface area contributed by atoms with E-state index < -0.39 is 0 Å². The third kappa shape index (κ3) is 2.02. The number of aromatic nitrogens is 2. The van der Waals surface area contributed by atoms with Gasteiger partial charge in [-0.3, -0.25) is 4.79 Å². The lowest BCUT2D eigenvalue weighted by Crippen LogP contribution is -2.28. The van der Waals surface area contributed by atoms with Gasteiger partial charge in [-0.25, -0.2) is 9.97 Å². The van der Waals surface area contributed by atoms with Crippen LogP contribution in [0.3, 0.4) is 0 Å². The van der Waals surface area contributed by atoms with Crippen molar-refractivity contribution < 1.29 is 4.79 Å². The molecular weight excluding hydrogens is 274 g/mol. The van der Waals surface area contributed by atoms with Crippen molar-refractivity contribution in [3.8, 4) is 0 Å². The first-order valence-corrected chi connectivity index (χ1v) is 7.89. The van der Waals surface area contributed by atoms with Crippen molar-refractivity contribution in [2.75, 3.05) is 4.90 Å². The molecule has 0 radical (unpaired) electrons. The van der Waals surface area contributed by atoms with Crippen LogP contribution >= 0.6 is 0 Å². The molecule has 0 N–H and O–H groups in total. The lowest BCUT2D eigenvalue weighted by atomic mass is 9.88. The van der Waals surface area contributed by atoms with E-state index in [9.17, 15) is 4.79 Å². The average molecular weight is 293 g/mol. The van der Waals surface area contributed by atoms with Crippen LogP contribution in [-0.4, -0.2) is 21.8 Å². The maximum Gasteiger partial charge on any atom is 0.230 e. The van der Waals surface area contributed by atoms with Crippen LogP contribution in [0.5, 0.6) is 0 Å². The fraction of sp³-hybridized carbons (Fsp3) is 0.389. The van der Waals surface area contributed by atoms with Crippen molar-refractivity contribution in [2.24, 2.45) is 5.92 Å². The fourth-order valence-corrected chi connectivity index (χ4v) is 3.61. The number of nitrogens with zero attached hydrogens (tertiary/aromatic N) is 3. The highest BCUT2D eigenvalue weighted by Gasteiger charge is 2.31. The number of hydrogen-bond acceptors (Lipinski definition) is 4. The number of rotatable bonds is 1. The molecule has 1 aliphatic carbocycles. The van der Waals surface area contributed by atoms with Crippen LogP contribution in [0.1, 0.15) is 41.9 Å². The van der Waals surface area contributed by atoms with Crippen LogP contribution < -0.4 is 4.90 Å². The zero-order valence-corrected chi connectivity index (χ0v) is 12.9. The van der Waals surface area contributed by atoms with Gasteiger partial charge in [-0.05, 0) is 37.3 Å². The van der Waals surface area contributed by atoms with E-state index in [1.807, 2.05) is 6.07 Å². The molecular formula is C18H19N3O. The van der Waals surface area contributed by atoms with Gasteiger partial charge in [-0.2, -0.15) is 0 Å². The van der Waals surface area contributed by atoms with Gasteiger partial charge < -0.3 is 4.90 Å². The number of anilines is 2. The molecule has 2 aromatic rings. The number of hydrogen-bond donors (Lipinski definition) is 0. The Morgan fingerprint density at radius 1 is 1.14 bits per heavy atom. The molecule has 0 spiro atoms. The van der Waals surface area contributed by atoms with Crippen molar-refractivity contribution in [3.63, 3.8) is 0 Å². The summed E-state index contributed by atoms with van der Waals surface area (Å²) in [7, 11) is 0. The van der Waals surface area contributed by atoms with Crippen molar-refractivity contribution >= 4 is 17.4 Å². The van der Waals surface area contributed by atoms with E-state index in [0.29, 0.717) is 23.9 Å². The minimum absolute atomic E-state index is 0.176. The Hall–Kier alpha value is -2.23. The molecule has 0 saturated carbocycles. The van der Waals surface area contributed by atoms with Crippen molar-refractivity contribution in [1.82, 2.24) is 9.97 Å². The van der Waals surface area contributed by atoms with E-state index in [0.717, 1.165) is 24.5 Å². The summed E-state index contributed by atoms with van der Waals surface area (Å²) >= 11 is 0. The van der Waals surface area contributed by atoms with Gasteiger partial charge in [-0.1, -0.05) is 25.1 Å². The van der Waals surface area contributed by atoms with Gasteiger partial charge in [0, 0.05) is 24.3 Å². The second-order valence-electron chi connectivity index (χ2n) is 6.52. The highest BCUT2D eigenvalue weighted by Crippen LogP contribution is 2.37. The van der Waals surface area contributed by atoms with Gasteiger partial charge in [0.05, 0.1) is 11.3 Å². The lowest BCUT2D eigenvalue weighted by Gasteiger charge is -2.25. The van der Waals surface area contributed by atoms with E-state index in [-0.39, 0.29) is 5.78 Å². The standard InChI is InChI=1S/C18H19N3O/c1-11-7-15-14(17(22)8-11)10-19-18(20-15)21-12(2)9-13-5-3-4-6-16(13)21/h3-6,10-12H,7-9H2,1-2H3. The van der Waals surface area contributed by atoms with Gasteiger partial charge in [0.1, 0.15) is 0 Å². The van der Waals surface area contributed by atoms with Gasteiger partial charge >= 0.3 is 0 Å². The number of ketones is 1. The van der Waals surface area contributed by atoms with Gasteiger partial charge in [-0.15, -0.1) is 0 Å². The molecule has 2 heterocycles. The molecule has 4 rings (SSSR count). The van der Waals surface area contributed by atoms with Crippen molar-refractivity contribution in [2.45, 2.75) is 39.2 Å². The predicted octanol–water partition coefficient (Wildman–Crippen LogP) is 3.32. The molecule has 0 bridgehead atoms. The minimum atomic E-state index is 0.176. The third-order valence-electron chi connectivity index (χ3n) is 4.65. The number of para-hydroxylation sites is 1. The Labute approximate surface area is 130 Å². The smallest absolute Gasteiger partial charge is 0.230 e. The Kier molecular flexibility index (Phi) is 2.99. The lowest BCUT2D eigenvalue weighted by molar-refractivity contribution is 0.0951. The summed E-state index contributed by atoms with van der Waals surface area (Å²) in [5, 5.41) is 0. The number of fused-ring (bicyclic) bond motifs is 2. The van der Waals surface area contributed by atoms with Crippen LogP contribution in [0.25, 0.3) is 0 Å². The van der Waals surface area contributed by atoms with Gasteiger partial charge in [0.15, 0.2) is 5.78 Å². The number of carbonyl (C=O) groups is 1. The van der Waals surface area contributed by atoms with Crippen molar-refractivity contribution in [1.29, 1.82) is 0 Å². The van der Waals surface area contributed by atoms with Crippen LogP contribution in [0, 0.1) is 5.92 Å². The van der Waals surface area contributed by atoms with E-state index in [4.69, 9.17) is 4.98 Å². The number of benzene rings is 1. The number of Topliss-reactive ketones (excluding diaryl/α,β-unsaturated/α-hetero) is 1. The summed E-state index contributed by atoms with van der Waals surface area (Å²) in [4.78, 5) is 23.5. The predicted molar refractivity (Wildman–Crippen MR) is 85.6 cm³/mol. The first kappa shape index (κ1) is 13.4. The highest BCUT2D eigenvalue weighted by atomic mass is 16.1. The second kappa shape index (κ2) is 4.90. The zero-order valence-electron chi connectivity index (χ0n) is 12.9. The molecule has 1 aromatic carbocycles. The van der Waals surface area contributed by atoms with Gasteiger partial charge in [0.2, 0.25) is 5.95 Å². The van der Waals surface area contributed by atoms with E-state index in [1.54, 1.807) is 6.20 Å². The van der Waals surface area contributed by atoms with Crippen molar-refractivity contribution in [3.05, 3.63) is 47.3 Å². The molecule has 0 amide bonds. The monoisotopic (exact) mass is 293 g/mol. The molecule has 4 heteroatoms. The summed E-state index contributed by atoms with van der Waals surface area (Å²) in [5.74, 6) is 1.26. The minimum Gasteiger partial charge on any atom is -0.307 e. The molecule has 0 saturated heterocycles. The number of carbonyl (C=O) groups excluding carboxylic acids is 1. The normalized spacial score (nSPS) is 23.4. The summed E-state index contributed by atoms with van der Waals surface area (Å²) in [6.07, 6.45) is 4.20. The van der Waals surface area contributed by atoms with Crippen LogP contribution in [0.2, 0.25) is 0 Å². The summed E-state index contributed by atoms with van der Waals surface area (Å²) in [5.41, 5.74) is 4.14. The molecule has 4 nitrogen and oxygen atoms in total. The molecule has 2 atom stereocenters. The largest absolute Gasteiger partial charge is 0.307 e. The van der Waals surface area contributed by atoms with Crippen LogP contribution in [0.15, 0.2) is 30.5 Å². The summed E-state index contributed by atoms with van der Waals surface area (Å²) in [6, 6.07) is 8.74. The molecule has 22 heavy (non-hydrogen) atoms. The Morgan fingerprint density at radius 2 is 1.95 bits per heavy atom. The van der Waals surface area contributed by atoms with E-state index in [2.05, 4.69) is 41.9 Å². The SMILES string of the molecule is CC1CC(=O)c2cnc(N3c4ccccc4CC3C)nc2C1. The topological polar surface area (TPSA) is 46.1 Å². The fourth-order valence-electron chi connectivity index (χ4n) is 3.61. The van der Waals surface area contributed by atoms with Gasteiger partial charge in [0.25, 0.3) is 0 Å². The molecule has 1 aliphatic heterocycles. The quantitative estimate of drug-likeness (QED) is 0.809. The van der Waals surface area contributed by atoms with E-state index >= 15 is 0 Å². The van der Waals surface area contributed by atoms with E-state index in [1.165, 1.54) is 11.3 Å². The molecule has 2 aliphatic rings. The third-order valence-corrected chi connectivity index (χ3v) is 4.65. The maximum absolute atomic E-state index is 12.1.